The average molecular weight is 210 g/mol. The van der Waals surface area contributed by atoms with E-state index in [2.05, 4.69) is 37.9 Å². The summed E-state index contributed by atoms with van der Waals surface area (Å²) in [4.78, 5) is 2.73. The topological polar surface area (TPSA) is 15.3 Å². The van der Waals surface area contributed by atoms with Crippen LogP contribution in [0.1, 0.15) is 47.0 Å². The molecule has 0 amide bonds. The fourth-order valence-corrected chi connectivity index (χ4v) is 2.77. The van der Waals surface area contributed by atoms with Crippen molar-refractivity contribution in [1.82, 2.24) is 10.2 Å². The van der Waals surface area contributed by atoms with Crippen LogP contribution in [0, 0.1) is 5.92 Å². The molecule has 88 valence electrons. The van der Waals surface area contributed by atoms with Gasteiger partial charge in [-0.15, -0.1) is 0 Å². The molecular formula is C13H26N2. The first-order valence-electron chi connectivity index (χ1n) is 6.56. The first kappa shape index (κ1) is 11.4. The highest BCUT2D eigenvalue weighted by Gasteiger charge is 2.42. The predicted molar refractivity (Wildman–Crippen MR) is 65.1 cm³/mol. The maximum absolute atomic E-state index is 3.76. The van der Waals surface area contributed by atoms with E-state index in [0.29, 0.717) is 11.6 Å². The van der Waals surface area contributed by atoms with E-state index in [-0.39, 0.29) is 0 Å². The SMILES string of the molecule is CCC1(C)CN(C(C)C)C(C2CC2)CN1. The van der Waals surface area contributed by atoms with Crippen LogP contribution in [0.2, 0.25) is 0 Å². The largest absolute Gasteiger partial charge is 0.309 e. The van der Waals surface area contributed by atoms with Crippen LogP contribution in [0.15, 0.2) is 0 Å². The van der Waals surface area contributed by atoms with Crippen LogP contribution in [-0.4, -0.2) is 35.6 Å². The Hall–Kier alpha value is -0.0800. The smallest absolute Gasteiger partial charge is 0.0278 e. The summed E-state index contributed by atoms with van der Waals surface area (Å²) in [5.41, 5.74) is 0.343. The molecule has 1 aliphatic heterocycles. The van der Waals surface area contributed by atoms with Gasteiger partial charge in [0.25, 0.3) is 0 Å². The number of rotatable bonds is 3. The number of piperazine rings is 1. The Balaban J connectivity index is 2.04. The standard InChI is InChI=1S/C13H26N2/c1-5-13(4)9-15(10(2)3)12(8-14-13)11-6-7-11/h10-12,14H,5-9H2,1-4H3. The van der Waals surface area contributed by atoms with Gasteiger partial charge in [-0.25, -0.2) is 0 Å². The van der Waals surface area contributed by atoms with Gasteiger partial charge in [0, 0.05) is 30.7 Å². The lowest BCUT2D eigenvalue weighted by atomic mass is 9.91. The minimum atomic E-state index is 0.343. The van der Waals surface area contributed by atoms with E-state index in [1.807, 2.05) is 0 Å². The van der Waals surface area contributed by atoms with Gasteiger partial charge in [-0.2, -0.15) is 0 Å². The van der Waals surface area contributed by atoms with Crippen molar-refractivity contribution < 1.29 is 0 Å². The third-order valence-electron chi connectivity index (χ3n) is 4.31. The summed E-state index contributed by atoms with van der Waals surface area (Å²) in [7, 11) is 0. The van der Waals surface area contributed by atoms with Crippen molar-refractivity contribution in [3.63, 3.8) is 0 Å². The van der Waals surface area contributed by atoms with Crippen LogP contribution in [0.3, 0.4) is 0 Å². The van der Waals surface area contributed by atoms with Gasteiger partial charge in [-0.1, -0.05) is 6.92 Å². The van der Waals surface area contributed by atoms with Gasteiger partial charge in [0.1, 0.15) is 0 Å². The molecule has 1 N–H and O–H groups in total. The molecule has 0 spiro atoms. The van der Waals surface area contributed by atoms with Crippen molar-refractivity contribution in [3.05, 3.63) is 0 Å². The highest BCUT2D eigenvalue weighted by Crippen LogP contribution is 2.38. The lowest BCUT2D eigenvalue weighted by Crippen LogP contribution is -2.64. The summed E-state index contributed by atoms with van der Waals surface area (Å²) < 4.78 is 0. The van der Waals surface area contributed by atoms with Crippen LogP contribution >= 0.6 is 0 Å². The Morgan fingerprint density at radius 2 is 2.07 bits per heavy atom. The zero-order chi connectivity index (χ0) is 11.1. The summed E-state index contributed by atoms with van der Waals surface area (Å²) in [6.45, 7) is 11.8. The summed E-state index contributed by atoms with van der Waals surface area (Å²) in [5, 5.41) is 3.76. The van der Waals surface area contributed by atoms with E-state index in [1.165, 1.54) is 32.4 Å². The van der Waals surface area contributed by atoms with Crippen LogP contribution in [-0.2, 0) is 0 Å². The van der Waals surface area contributed by atoms with Crippen molar-refractivity contribution >= 4 is 0 Å². The number of hydrogen-bond acceptors (Lipinski definition) is 2. The van der Waals surface area contributed by atoms with Gasteiger partial charge < -0.3 is 5.32 Å². The first-order chi connectivity index (χ1) is 7.06. The van der Waals surface area contributed by atoms with Crippen LogP contribution in [0.5, 0.6) is 0 Å². The van der Waals surface area contributed by atoms with E-state index < -0.39 is 0 Å². The maximum Gasteiger partial charge on any atom is 0.0278 e. The van der Waals surface area contributed by atoms with Crippen molar-refractivity contribution in [2.24, 2.45) is 5.92 Å². The Kier molecular flexibility index (Phi) is 3.09. The van der Waals surface area contributed by atoms with E-state index >= 15 is 0 Å². The zero-order valence-electron chi connectivity index (χ0n) is 10.7. The quantitative estimate of drug-likeness (QED) is 0.768. The van der Waals surface area contributed by atoms with Crippen molar-refractivity contribution in [1.29, 1.82) is 0 Å². The second-order valence-electron chi connectivity index (χ2n) is 5.97. The average Bonchev–Trinajstić information content (AvgIpc) is 3.01. The molecular weight excluding hydrogens is 184 g/mol. The van der Waals surface area contributed by atoms with Gasteiger partial charge in [0.2, 0.25) is 0 Å². The minimum absolute atomic E-state index is 0.343. The molecule has 0 bridgehead atoms. The Morgan fingerprint density at radius 3 is 2.53 bits per heavy atom. The number of nitrogens with zero attached hydrogens (tertiary/aromatic N) is 1. The predicted octanol–water partition coefficient (Wildman–Crippen LogP) is 2.25. The third-order valence-corrected chi connectivity index (χ3v) is 4.31. The van der Waals surface area contributed by atoms with Crippen LogP contribution < -0.4 is 5.32 Å². The van der Waals surface area contributed by atoms with Crippen molar-refractivity contribution in [3.8, 4) is 0 Å². The lowest BCUT2D eigenvalue weighted by molar-refractivity contribution is 0.0473. The first-order valence-corrected chi connectivity index (χ1v) is 6.56. The van der Waals surface area contributed by atoms with Crippen LogP contribution in [0.25, 0.3) is 0 Å². The number of hydrogen-bond donors (Lipinski definition) is 1. The molecule has 2 fully saturated rings. The van der Waals surface area contributed by atoms with E-state index in [4.69, 9.17) is 0 Å². The fraction of sp³-hybridized carbons (Fsp3) is 1.00. The monoisotopic (exact) mass is 210 g/mol. The zero-order valence-corrected chi connectivity index (χ0v) is 10.7. The third kappa shape index (κ3) is 2.36. The summed E-state index contributed by atoms with van der Waals surface area (Å²) in [5.74, 6) is 0.987. The molecule has 2 atom stereocenters. The summed E-state index contributed by atoms with van der Waals surface area (Å²) in [6.07, 6.45) is 4.14. The molecule has 0 radical (unpaired) electrons. The molecule has 2 aliphatic rings. The molecule has 2 heteroatoms. The molecule has 2 rings (SSSR count). The molecule has 1 heterocycles. The molecule has 2 nitrogen and oxygen atoms in total. The second-order valence-corrected chi connectivity index (χ2v) is 5.97. The van der Waals surface area contributed by atoms with Gasteiger partial charge >= 0.3 is 0 Å². The summed E-state index contributed by atoms with van der Waals surface area (Å²) in [6, 6.07) is 1.51. The Bertz CT molecular complexity index is 223. The van der Waals surface area contributed by atoms with E-state index in [0.717, 1.165) is 12.0 Å². The Labute approximate surface area is 94.4 Å². The molecule has 15 heavy (non-hydrogen) atoms. The highest BCUT2D eigenvalue weighted by atomic mass is 15.3. The molecule has 0 aromatic rings. The molecule has 0 aromatic carbocycles. The molecule has 2 unspecified atom stereocenters. The van der Waals surface area contributed by atoms with Gasteiger partial charge in [0.05, 0.1) is 0 Å². The van der Waals surface area contributed by atoms with Crippen LogP contribution in [0.4, 0.5) is 0 Å². The van der Waals surface area contributed by atoms with Crippen molar-refractivity contribution in [2.45, 2.75) is 64.6 Å². The fourth-order valence-electron chi connectivity index (χ4n) is 2.77. The normalized spacial score (nSPS) is 38.6. The molecule has 1 saturated heterocycles. The van der Waals surface area contributed by atoms with Crippen molar-refractivity contribution in [2.75, 3.05) is 13.1 Å². The second kappa shape index (κ2) is 4.06. The van der Waals surface area contributed by atoms with Gasteiger partial charge in [0.15, 0.2) is 0 Å². The number of nitrogens with one attached hydrogen (secondary N) is 1. The maximum atomic E-state index is 3.76. The van der Waals surface area contributed by atoms with Gasteiger partial charge in [-0.3, -0.25) is 4.90 Å². The Morgan fingerprint density at radius 1 is 1.40 bits per heavy atom. The molecule has 0 aromatic heterocycles. The molecule has 1 aliphatic carbocycles. The van der Waals surface area contributed by atoms with E-state index in [1.54, 1.807) is 0 Å². The van der Waals surface area contributed by atoms with Gasteiger partial charge in [-0.05, 0) is 46.0 Å². The molecule has 1 saturated carbocycles. The van der Waals surface area contributed by atoms with E-state index in [9.17, 15) is 0 Å². The highest BCUT2D eigenvalue weighted by molar-refractivity contribution is 5.00. The lowest BCUT2D eigenvalue weighted by Gasteiger charge is -2.48. The summed E-state index contributed by atoms with van der Waals surface area (Å²) >= 11 is 0. The minimum Gasteiger partial charge on any atom is -0.309 e.